The molecular weight excluding hydrogens is 283 g/mol. The third-order valence-electron chi connectivity index (χ3n) is 2.48. The molecular formula is C14H12ClFN2O2. The maximum Gasteiger partial charge on any atom is 0.262 e. The van der Waals surface area contributed by atoms with Crippen molar-refractivity contribution >= 4 is 28.9 Å². The van der Waals surface area contributed by atoms with E-state index in [0.29, 0.717) is 10.7 Å². The van der Waals surface area contributed by atoms with Gasteiger partial charge in [-0.25, -0.2) is 4.39 Å². The first kappa shape index (κ1) is 14.1. The molecule has 0 aliphatic carbocycles. The number of nitrogen functional groups attached to an aromatic ring is 1. The molecule has 0 aliphatic heterocycles. The second-order valence-corrected chi connectivity index (χ2v) is 4.41. The first-order valence-corrected chi connectivity index (χ1v) is 6.16. The van der Waals surface area contributed by atoms with E-state index in [4.69, 9.17) is 22.1 Å². The largest absolute Gasteiger partial charge is 0.481 e. The second-order valence-electron chi connectivity index (χ2n) is 4.00. The van der Waals surface area contributed by atoms with Gasteiger partial charge < -0.3 is 15.8 Å². The van der Waals surface area contributed by atoms with Crippen molar-refractivity contribution in [2.75, 3.05) is 17.7 Å². The van der Waals surface area contributed by atoms with Crippen LogP contribution in [0.4, 0.5) is 15.8 Å². The monoisotopic (exact) mass is 294 g/mol. The van der Waals surface area contributed by atoms with Crippen LogP contribution >= 0.6 is 11.6 Å². The van der Waals surface area contributed by atoms with Gasteiger partial charge in [-0.1, -0.05) is 23.7 Å². The maximum absolute atomic E-state index is 13.0. The summed E-state index contributed by atoms with van der Waals surface area (Å²) in [7, 11) is 0. The Labute approximate surface area is 120 Å². The van der Waals surface area contributed by atoms with Gasteiger partial charge >= 0.3 is 0 Å². The number of carbonyl (C=O) groups excluding carboxylic acids is 1. The molecule has 3 N–H and O–H groups in total. The minimum atomic E-state index is -0.485. The molecule has 0 spiro atoms. The van der Waals surface area contributed by atoms with Gasteiger partial charge in [-0.3, -0.25) is 4.79 Å². The molecule has 0 aliphatic rings. The molecule has 0 heterocycles. The van der Waals surface area contributed by atoms with Gasteiger partial charge in [0.15, 0.2) is 6.61 Å². The molecule has 0 fully saturated rings. The van der Waals surface area contributed by atoms with E-state index in [1.807, 2.05) is 0 Å². The number of anilines is 2. The lowest BCUT2D eigenvalue weighted by molar-refractivity contribution is -0.118. The SMILES string of the molecule is Nc1ccc(F)cc1OCC(=O)Nc1ccccc1Cl. The zero-order valence-corrected chi connectivity index (χ0v) is 11.2. The molecule has 0 saturated heterocycles. The zero-order valence-electron chi connectivity index (χ0n) is 10.4. The Balaban J connectivity index is 1.96. The zero-order chi connectivity index (χ0) is 14.5. The highest BCUT2D eigenvalue weighted by molar-refractivity contribution is 6.33. The number of halogens is 2. The van der Waals surface area contributed by atoms with Crippen LogP contribution in [0.15, 0.2) is 42.5 Å². The summed E-state index contributed by atoms with van der Waals surface area (Å²) in [5.74, 6) is -0.776. The lowest BCUT2D eigenvalue weighted by Crippen LogP contribution is -2.20. The van der Waals surface area contributed by atoms with Gasteiger partial charge in [-0.2, -0.15) is 0 Å². The summed E-state index contributed by atoms with van der Waals surface area (Å²) < 4.78 is 18.2. The van der Waals surface area contributed by atoms with Gasteiger partial charge in [0.05, 0.1) is 16.4 Å². The van der Waals surface area contributed by atoms with Crippen molar-refractivity contribution < 1.29 is 13.9 Å². The van der Waals surface area contributed by atoms with E-state index >= 15 is 0 Å². The molecule has 0 bridgehead atoms. The van der Waals surface area contributed by atoms with Crippen LogP contribution in [0, 0.1) is 5.82 Å². The molecule has 4 nitrogen and oxygen atoms in total. The number of rotatable bonds is 4. The highest BCUT2D eigenvalue weighted by Crippen LogP contribution is 2.23. The molecule has 0 unspecified atom stereocenters. The van der Waals surface area contributed by atoms with Crippen molar-refractivity contribution in [1.29, 1.82) is 0 Å². The first-order chi connectivity index (χ1) is 9.56. The van der Waals surface area contributed by atoms with Crippen molar-refractivity contribution in [3.05, 3.63) is 53.3 Å². The van der Waals surface area contributed by atoms with E-state index in [1.54, 1.807) is 24.3 Å². The van der Waals surface area contributed by atoms with E-state index in [-0.39, 0.29) is 18.0 Å². The van der Waals surface area contributed by atoms with E-state index in [2.05, 4.69) is 5.32 Å². The molecule has 20 heavy (non-hydrogen) atoms. The number of ether oxygens (including phenoxy) is 1. The molecule has 104 valence electrons. The van der Waals surface area contributed by atoms with Crippen LogP contribution in [0.5, 0.6) is 5.75 Å². The van der Waals surface area contributed by atoms with Crippen LogP contribution in [0.1, 0.15) is 0 Å². The molecule has 2 aromatic rings. The van der Waals surface area contributed by atoms with Gasteiger partial charge in [0.2, 0.25) is 0 Å². The Bertz CT molecular complexity index is 634. The summed E-state index contributed by atoms with van der Waals surface area (Å²) in [6, 6.07) is 10.5. The number of hydrogen-bond donors (Lipinski definition) is 2. The van der Waals surface area contributed by atoms with Crippen LogP contribution < -0.4 is 15.8 Å². The number of nitrogens with two attached hydrogens (primary N) is 1. The van der Waals surface area contributed by atoms with Crippen LogP contribution in [0.3, 0.4) is 0 Å². The van der Waals surface area contributed by atoms with Crippen molar-refractivity contribution in [1.82, 2.24) is 0 Å². The van der Waals surface area contributed by atoms with Crippen LogP contribution in [0.25, 0.3) is 0 Å². The third-order valence-corrected chi connectivity index (χ3v) is 2.81. The Hall–Kier alpha value is -2.27. The molecule has 0 aromatic heterocycles. The summed E-state index contributed by atoms with van der Waals surface area (Å²) in [5.41, 5.74) is 6.35. The van der Waals surface area contributed by atoms with E-state index < -0.39 is 11.7 Å². The number of hydrogen-bond acceptors (Lipinski definition) is 3. The molecule has 0 atom stereocenters. The number of carbonyl (C=O) groups is 1. The van der Waals surface area contributed by atoms with Crippen LogP contribution in [-0.2, 0) is 4.79 Å². The lowest BCUT2D eigenvalue weighted by Gasteiger charge is -2.10. The highest BCUT2D eigenvalue weighted by Gasteiger charge is 2.08. The molecule has 2 rings (SSSR count). The van der Waals surface area contributed by atoms with Crippen LogP contribution in [-0.4, -0.2) is 12.5 Å². The number of nitrogens with one attached hydrogen (secondary N) is 1. The average molecular weight is 295 g/mol. The smallest absolute Gasteiger partial charge is 0.262 e. The molecule has 0 radical (unpaired) electrons. The standard InChI is InChI=1S/C14H12ClFN2O2/c15-10-3-1-2-4-12(10)18-14(19)8-20-13-7-9(16)5-6-11(13)17/h1-7H,8,17H2,(H,18,19). The molecule has 2 aromatic carbocycles. The fraction of sp³-hybridized carbons (Fsp3) is 0.0714. The van der Waals surface area contributed by atoms with Crippen LogP contribution in [0.2, 0.25) is 5.02 Å². The molecule has 0 saturated carbocycles. The number of amides is 1. The maximum atomic E-state index is 13.0. The Morgan fingerprint density at radius 2 is 2.05 bits per heavy atom. The summed E-state index contributed by atoms with van der Waals surface area (Å²) in [5, 5.41) is 3.01. The van der Waals surface area contributed by atoms with Crippen molar-refractivity contribution in [2.45, 2.75) is 0 Å². The van der Waals surface area contributed by atoms with Gasteiger partial charge in [-0.15, -0.1) is 0 Å². The Morgan fingerprint density at radius 3 is 2.80 bits per heavy atom. The van der Waals surface area contributed by atoms with Crippen molar-refractivity contribution in [3.8, 4) is 5.75 Å². The average Bonchev–Trinajstić information content (AvgIpc) is 2.42. The predicted molar refractivity (Wildman–Crippen MR) is 76.4 cm³/mol. The highest BCUT2D eigenvalue weighted by atomic mass is 35.5. The van der Waals surface area contributed by atoms with E-state index in [0.717, 1.165) is 6.07 Å². The molecule has 6 heteroatoms. The summed E-state index contributed by atoms with van der Waals surface area (Å²) in [6.07, 6.45) is 0. The normalized spacial score (nSPS) is 10.1. The Morgan fingerprint density at radius 1 is 1.30 bits per heavy atom. The van der Waals surface area contributed by atoms with Crippen molar-refractivity contribution in [2.24, 2.45) is 0 Å². The fourth-order valence-electron chi connectivity index (χ4n) is 1.53. The summed E-state index contributed by atoms with van der Waals surface area (Å²) in [4.78, 5) is 11.7. The minimum Gasteiger partial charge on any atom is -0.481 e. The summed E-state index contributed by atoms with van der Waals surface area (Å²) in [6.45, 7) is -0.293. The van der Waals surface area contributed by atoms with E-state index in [9.17, 15) is 9.18 Å². The first-order valence-electron chi connectivity index (χ1n) is 5.78. The second kappa shape index (κ2) is 6.25. The van der Waals surface area contributed by atoms with Gasteiger partial charge in [0.25, 0.3) is 5.91 Å². The summed E-state index contributed by atoms with van der Waals surface area (Å²) >= 11 is 5.91. The van der Waals surface area contributed by atoms with Gasteiger partial charge in [-0.05, 0) is 24.3 Å². The third kappa shape index (κ3) is 3.61. The lowest BCUT2D eigenvalue weighted by atomic mass is 10.3. The number of benzene rings is 2. The molecule has 1 amide bonds. The fourth-order valence-corrected chi connectivity index (χ4v) is 1.71. The van der Waals surface area contributed by atoms with Gasteiger partial charge in [0, 0.05) is 6.07 Å². The Kier molecular flexibility index (Phi) is 4.42. The van der Waals surface area contributed by atoms with E-state index in [1.165, 1.54) is 12.1 Å². The minimum absolute atomic E-state index is 0.124. The topological polar surface area (TPSA) is 64.3 Å². The quantitative estimate of drug-likeness (QED) is 0.852. The van der Waals surface area contributed by atoms with Crippen molar-refractivity contribution in [3.63, 3.8) is 0 Å². The van der Waals surface area contributed by atoms with Gasteiger partial charge in [0.1, 0.15) is 11.6 Å². The predicted octanol–water partition coefficient (Wildman–Crippen LogP) is 3.08. The number of para-hydroxylation sites is 1.